The molecule has 10 heteroatoms. The van der Waals surface area contributed by atoms with Gasteiger partial charge in [-0.25, -0.2) is 12.8 Å². The number of carbonyl (C=O) groups is 2. The summed E-state index contributed by atoms with van der Waals surface area (Å²) in [7, 11) is -4.26. The second kappa shape index (κ2) is 15.0. The molecule has 0 radical (unpaired) electrons. The van der Waals surface area contributed by atoms with Crippen LogP contribution in [0.4, 0.5) is 10.1 Å². The molecule has 0 heterocycles. The van der Waals surface area contributed by atoms with E-state index in [9.17, 15) is 22.4 Å². The standard InChI is InChI=1S/C34H35ClFN3O4S/c1-3-25(2)37-34(41)32(22-26-12-6-4-7-13-26)38(23-27-14-10-11-17-31(27)36)33(40)24-39(29-15-8-5-9-16-29)44(42,43)30-20-18-28(35)19-21-30/h4-21,25,32H,3,22-24H2,1-2H3,(H,37,41)/t25-,32+/m0/s1. The molecule has 2 amide bonds. The normalized spacial score (nSPS) is 12.6. The van der Waals surface area contributed by atoms with E-state index in [0.29, 0.717) is 11.4 Å². The summed E-state index contributed by atoms with van der Waals surface area (Å²) in [5.41, 5.74) is 1.24. The van der Waals surface area contributed by atoms with Crippen LogP contribution < -0.4 is 9.62 Å². The summed E-state index contributed by atoms with van der Waals surface area (Å²) in [6, 6.07) is 27.8. The van der Waals surface area contributed by atoms with Crippen molar-refractivity contribution in [2.45, 2.75) is 50.2 Å². The average molecular weight is 636 g/mol. The van der Waals surface area contributed by atoms with Crippen molar-refractivity contribution >= 4 is 39.1 Å². The summed E-state index contributed by atoms with van der Waals surface area (Å²) in [5, 5.41) is 3.32. The Bertz CT molecular complexity index is 1660. The molecule has 0 aromatic heterocycles. The second-order valence-electron chi connectivity index (χ2n) is 10.4. The van der Waals surface area contributed by atoms with E-state index in [2.05, 4.69) is 5.32 Å². The maximum absolute atomic E-state index is 15.0. The summed E-state index contributed by atoms with van der Waals surface area (Å²) in [6.07, 6.45) is 0.796. The van der Waals surface area contributed by atoms with Gasteiger partial charge in [0, 0.05) is 29.6 Å². The van der Waals surface area contributed by atoms with Crippen LogP contribution >= 0.6 is 11.6 Å². The number of sulfonamides is 1. The molecule has 0 bridgehead atoms. The van der Waals surface area contributed by atoms with Gasteiger partial charge >= 0.3 is 0 Å². The van der Waals surface area contributed by atoms with Crippen LogP contribution in [0.1, 0.15) is 31.4 Å². The molecule has 0 saturated heterocycles. The third kappa shape index (κ3) is 8.24. The molecule has 0 unspecified atom stereocenters. The lowest BCUT2D eigenvalue weighted by atomic mass is 10.0. The molecule has 0 saturated carbocycles. The van der Waals surface area contributed by atoms with Gasteiger partial charge in [0.05, 0.1) is 10.6 Å². The topological polar surface area (TPSA) is 86.8 Å². The Hall–Kier alpha value is -4.21. The van der Waals surface area contributed by atoms with Crippen molar-refractivity contribution in [2.75, 3.05) is 10.8 Å². The molecular weight excluding hydrogens is 601 g/mol. The Kier molecular flexibility index (Phi) is 11.1. The number of hydrogen-bond acceptors (Lipinski definition) is 4. The predicted octanol–water partition coefficient (Wildman–Crippen LogP) is 6.23. The van der Waals surface area contributed by atoms with E-state index in [-0.39, 0.29) is 35.2 Å². The van der Waals surface area contributed by atoms with E-state index in [1.807, 2.05) is 44.2 Å². The minimum Gasteiger partial charge on any atom is -0.352 e. The number of para-hydroxylation sites is 1. The number of benzene rings is 4. The van der Waals surface area contributed by atoms with Gasteiger partial charge < -0.3 is 10.2 Å². The van der Waals surface area contributed by atoms with Gasteiger partial charge in [-0.1, -0.05) is 85.3 Å². The Morgan fingerprint density at radius 3 is 2.07 bits per heavy atom. The van der Waals surface area contributed by atoms with Crippen molar-refractivity contribution < 1.29 is 22.4 Å². The van der Waals surface area contributed by atoms with Crippen molar-refractivity contribution in [1.29, 1.82) is 0 Å². The Morgan fingerprint density at radius 2 is 1.45 bits per heavy atom. The first-order chi connectivity index (χ1) is 21.1. The van der Waals surface area contributed by atoms with Gasteiger partial charge in [-0.2, -0.15) is 0 Å². The summed E-state index contributed by atoms with van der Waals surface area (Å²) >= 11 is 6.01. The van der Waals surface area contributed by atoms with Gasteiger partial charge in [0.2, 0.25) is 11.8 Å². The van der Waals surface area contributed by atoms with Crippen LogP contribution in [0.25, 0.3) is 0 Å². The fraction of sp³-hybridized carbons (Fsp3) is 0.235. The van der Waals surface area contributed by atoms with Crippen LogP contribution in [0.2, 0.25) is 5.02 Å². The Morgan fingerprint density at radius 1 is 0.864 bits per heavy atom. The molecule has 230 valence electrons. The Labute approximate surface area is 263 Å². The van der Waals surface area contributed by atoms with Crippen LogP contribution in [0.3, 0.4) is 0 Å². The van der Waals surface area contributed by atoms with Crippen LogP contribution in [-0.4, -0.2) is 43.8 Å². The molecule has 1 N–H and O–H groups in total. The van der Waals surface area contributed by atoms with E-state index in [1.165, 1.54) is 41.3 Å². The van der Waals surface area contributed by atoms with Crippen molar-refractivity contribution in [1.82, 2.24) is 10.2 Å². The third-order valence-electron chi connectivity index (χ3n) is 7.30. The van der Waals surface area contributed by atoms with Gasteiger partial charge in [0.1, 0.15) is 18.4 Å². The molecule has 44 heavy (non-hydrogen) atoms. The van der Waals surface area contributed by atoms with E-state index in [4.69, 9.17) is 11.6 Å². The summed E-state index contributed by atoms with van der Waals surface area (Å²) < 4.78 is 43.9. The molecule has 0 fully saturated rings. The first-order valence-electron chi connectivity index (χ1n) is 14.3. The highest BCUT2D eigenvalue weighted by Gasteiger charge is 2.35. The maximum Gasteiger partial charge on any atom is 0.264 e. The lowest BCUT2D eigenvalue weighted by molar-refractivity contribution is -0.140. The molecule has 0 aliphatic carbocycles. The minimum absolute atomic E-state index is 0.0606. The molecule has 0 aliphatic heterocycles. The van der Waals surface area contributed by atoms with Gasteiger partial charge in [-0.3, -0.25) is 13.9 Å². The van der Waals surface area contributed by atoms with E-state index in [1.54, 1.807) is 42.5 Å². The zero-order chi connectivity index (χ0) is 31.7. The van der Waals surface area contributed by atoms with Crippen molar-refractivity contribution in [3.63, 3.8) is 0 Å². The number of nitrogens with one attached hydrogen (secondary N) is 1. The highest BCUT2D eigenvalue weighted by Crippen LogP contribution is 2.26. The van der Waals surface area contributed by atoms with E-state index in [0.717, 1.165) is 9.87 Å². The molecule has 4 rings (SSSR count). The molecule has 7 nitrogen and oxygen atoms in total. The first kappa shape index (κ1) is 32.7. The van der Waals surface area contributed by atoms with Crippen LogP contribution in [0.15, 0.2) is 114 Å². The lowest BCUT2D eigenvalue weighted by Crippen LogP contribution is -2.54. The molecule has 4 aromatic rings. The third-order valence-corrected chi connectivity index (χ3v) is 9.34. The second-order valence-corrected chi connectivity index (χ2v) is 12.7. The monoisotopic (exact) mass is 635 g/mol. The van der Waals surface area contributed by atoms with Crippen LogP contribution in [0, 0.1) is 5.82 Å². The van der Waals surface area contributed by atoms with Crippen molar-refractivity contribution in [2.24, 2.45) is 0 Å². The highest BCUT2D eigenvalue weighted by molar-refractivity contribution is 7.92. The maximum atomic E-state index is 15.0. The zero-order valence-electron chi connectivity index (χ0n) is 24.6. The predicted molar refractivity (Wildman–Crippen MR) is 171 cm³/mol. The number of nitrogens with zero attached hydrogens (tertiary/aromatic N) is 2. The number of hydrogen-bond donors (Lipinski definition) is 1. The molecule has 0 aliphatic rings. The summed E-state index contributed by atoms with van der Waals surface area (Å²) in [4.78, 5) is 29.4. The van der Waals surface area contributed by atoms with Gasteiger partial charge in [0.25, 0.3) is 10.0 Å². The average Bonchev–Trinajstić information content (AvgIpc) is 3.03. The quantitative estimate of drug-likeness (QED) is 0.189. The fourth-order valence-electron chi connectivity index (χ4n) is 4.66. The molecule has 2 atom stereocenters. The fourth-order valence-corrected chi connectivity index (χ4v) is 6.20. The van der Waals surface area contributed by atoms with Gasteiger partial charge in [-0.15, -0.1) is 0 Å². The van der Waals surface area contributed by atoms with Crippen LogP contribution in [-0.2, 0) is 32.6 Å². The van der Waals surface area contributed by atoms with E-state index < -0.39 is 40.2 Å². The van der Waals surface area contributed by atoms with E-state index >= 15 is 0 Å². The SMILES string of the molecule is CC[C@H](C)NC(=O)[C@@H](Cc1ccccc1)N(Cc1ccccc1F)C(=O)CN(c1ccccc1)S(=O)(=O)c1ccc(Cl)cc1. The van der Waals surface area contributed by atoms with Crippen molar-refractivity contribution in [3.8, 4) is 0 Å². The number of rotatable bonds is 13. The largest absolute Gasteiger partial charge is 0.352 e. The van der Waals surface area contributed by atoms with Gasteiger partial charge in [0.15, 0.2) is 0 Å². The number of anilines is 1. The number of halogens is 2. The number of carbonyl (C=O) groups excluding carboxylic acids is 2. The molecular formula is C34H35ClFN3O4S. The van der Waals surface area contributed by atoms with Gasteiger partial charge in [-0.05, 0) is 61.4 Å². The summed E-state index contributed by atoms with van der Waals surface area (Å²) in [5.74, 6) is -1.63. The molecule has 4 aromatic carbocycles. The summed E-state index contributed by atoms with van der Waals surface area (Å²) in [6.45, 7) is 2.90. The smallest absolute Gasteiger partial charge is 0.264 e. The highest BCUT2D eigenvalue weighted by atomic mass is 35.5. The molecule has 0 spiro atoms. The number of amides is 2. The van der Waals surface area contributed by atoms with Crippen molar-refractivity contribution in [3.05, 3.63) is 131 Å². The minimum atomic E-state index is -4.26. The first-order valence-corrected chi connectivity index (χ1v) is 16.1. The lowest BCUT2D eigenvalue weighted by Gasteiger charge is -2.34. The Balaban J connectivity index is 1.80. The van der Waals surface area contributed by atoms with Crippen LogP contribution in [0.5, 0.6) is 0 Å². The zero-order valence-corrected chi connectivity index (χ0v) is 26.1.